The quantitative estimate of drug-likeness (QED) is 0.490. The average Bonchev–Trinajstić information content (AvgIpc) is 2.77. The summed E-state index contributed by atoms with van der Waals surface area (Å²) in [4.78, 5) is 12.1. The number of halogens is 4. The summed E-state index contributed by atoms with van der Waals surface area (Å²) in [5.41, 5.74) is 0.252. The third-order valence-corrected chi connectivity index (χ3v) is 6.52. The Kier molecular flexibility index (Phi) is 5.85. The summed E-state index contributed by atoms with van der Waals surface area (Å²) < 4.78 is 79.5. The van der Waals surface area contributed by atoms with Crippen molar-refractivity contribution < 1.29 is 30.8 Å². The fraction of sp³-hybridized carbons (Fsp3) is 0.136. The lowest BCUT2D eigenvalue weighted by molar-refractivity contribution is -0.137. The van der Waals surface area contributed by atoms with Gasteiger partial charge in [0.1, 0.15) is 16.9 Å². The maximum Gasteiger partial charge on any atom is 0.416 e. The normalized spacial score (nSPS) is 17.0. The number of anilines is 1. The van der Waals surface area contributed by atoms with Crippen LogP contribution in [0.15, 0.2) is 71.6 Å². The minimum atomic E-state index is -4.62. The van der Waals surface area contributed by atoms with Gasteiger partial charge in [0.15, 0.2) is 0 Å². The van der Waals surface area contributed by atoms with Gasteiger partial charge in [0.25, 0.3) is 5.91 Å². The fourth-order valence-electron chi connectivity index (χ4n) is 3.32. The van der Waals surface area contributed by atoms with Gasteiger partial charge in [-0.1, -0.05) is 24.3 Å². The molecule has 1 atom stereocenters. The summed E-state index contributed by atoms with van der Waals surface area (Å²) in [5.74, 6) is -0.784. The number of carbonyl (C=O) groups is 1. The number of hydrogen-bond acceptors (Lipinski definition) is 4. The van der Waals surface area contributed by atoms with E-state index in [9.17, 15) is 30.8 Å². The Bertz CT molecular complexity index is 1290. The van der Waals surface area contributed by atoms with Crippen molar-refractivity contribution in [3.8, 4) is 0 Å². The molecule has 33 heavy (non-hydrogen) atoms. The van der Waals surface area contributed by atoms with Gasteiger partial charge in [-0.05, 0) is 53.6 Å². The number of nitrogens with one attached hydrogen (secondary N) is 3. The van der Waals surface area contributed by atoms with Gasteiger partial charge in [-0.3, -0.25) is 4.79 Å². The Morgan fingerprint density at radius 1 is 0.970 bits per heavy atom. The molecule has 6 nitrogen and oxygen atoms in total. The Hall–Kier alpha value is -3.44. The first-order valence-corrected chi connectivity index (χ1v) is 11.1. The SMILES string of the molecule is O=C(NCc1ccc(F)cc1)c1ccc([C@H]2Nc3cc(C(F)(F)F)ccc3S(=O)(=O)N2)cc1. The summed E-state index contributed by atoms with van der Waals surface area (Å²) >= 11 is 0. The molecular weight excluding hydrogens is 462 g/mol. The first-order chi connectivity index (χ1) is 15.5. The molecule has 0 spiro atoms. The van der Waals surface area contributed by atoms with Crippen LogP contribution in [0, 0.1) is 5.82 Å². The van der Waals surface area contributed by atoms with Crippen molar-refractivity contribution in [2.75, 3.05) is 5.32 Å². The molecule has 0 saturated carbocycles. The number of rotatable bonds is 4. The molecule has 0 aromatic heterocycles. The van der Waals surface area contributed by atoms with Crippen molar-refractivity contribution in [2.45, 2.75) is 23.8 Å². The van der Waals surface area contributed by atoms with Crippen LogP contribution in [-0.4, -0.2) is 14.3 Å². The van der Waals surface area contributed by atoms with E-state index in [2.05, 4.69) is 15.4 Å². The van der Waals surface area contributed by atoms with Crippen LogP contribution in [0.5, 0.6) is 0 Å². The molecule has 11 heteroatoms. The topological polar surface area (TPSA) is 87.3 Å². The highest BCUT2D eigenvalue weighted by Crippen LogP contribution is 2.37. The van der Waals surface area contributed by atoms with Gasteiger partial charge in [-0.2, -0.15) is 17.9 Å². The Labute approximate surface area is 186 Å². The second kappa shape index (κ2) is 8.49. The van der Waals surface area contributed by atoms with Gasteiger partial charge in [0.05, 0.1) is 11.3 Å². The molecule has 1 heterocycles. The standard InChI is InChI=1S/C22H17F4N3O3S/c23-17-8-1-13(2-9-17)12-27-21(30)15-5-3-14(4-6-15)20-28-18-11-16(22(24,25)26)7-10-19(18)33(31,32)29-20/h1-11,20,28-29H,12H2,(H,27,30)/t20-/m0/s1. The summed E-state index contributed by atoms with van der Waals surface area (Å²) in [6, 6.07) is 13.9. The first-order valence-electron chi connectivity index (χ1n) is 9.66. The van der Waals surface area contributed by atoms with Crippen LogP contribution >= 0.6 is 0 Å². The van der Waals surface area contributed by atoms with Crippen LogP contribution in [0.1, 0.15) is 33.2 Å². The minimum Gasteiger partial charge on any atom is -0.364 e. The van der Waals surface area contributed by atoms with E-state index < -0.39 is 33.8 Å². The summed E-state index contributed by atoms with van der Waals surface area (Å²) in [5, 5.41) is 5.44. The number of amides is 1. The molecule has 0 aliphatic carbocycles. The third-order valence-electron chi connectivity index (χ3n) is 5.04. The predicted octanol–water partition coefficient (Wildman–Crippen LogP) is 4.18. The van der Waals surface area contributed by atoms with Crippen LogP contribution in [0.25, 0.3) is 0 Å². The smallest absolute Gasteiger partial charge is 0.364 e. The van der Waals surface area contributed by atoms with E-state index in [1.54, 1.807) is 12.1 Å². The monoisotopic (exact) mass is 479 g/mol. The number of carbonyl (C=O) groups excluding carboxylic acids is 1. The molecule has 0 bridgehead atoms. The van der Waals surface area contributed by atoms with Crippen LogP contribution in [-0.2, 0) is 22.7 Å². The van der Waals surface area contributed by atoms with Crippen LogP contribution < -0.4 is 15.4 Å². The van der Waals surface area contributed by atoms with Crippen molar-refractivity contribution in [2.24, 2.45) is 0 Å². The van der Waals surface area contributed by atoms with Crippen LogP contribution in [0.4, 0.5) is 23.2 Å². The van der Waals surface area contributed by atoms with Gasteiger partial charge in [-0.25, -0.2) is 12.8 Å². The molecule has 0 fully saturated rings. The van der Waals surface area contributed by atoms with Crippen LogP contribution in [0.3, 0.4) is 0 Å². The zero-order valence-electron chi connectivity index (χ0n) is 16.8. The molecule has 172 valence electrons. The van der Waals surface area contributed by atoms with Gasteiger partial charge in [-0.15, -0.1) is 0 Å². The van der Waals surface area contributed by atoms with E-state index in [4.69, 9.17) is 0 Å². The molecular formula is C22H17F4N3O3S. The molecule has 1 aliphatic heterocycles. The van der Waals surface area contributed by atoms with Crippen molar-refractivity contribution in [3.63, 3.8) is 0 Å². The van der Waals surface area contributed by atoms with E-state index in [1.165, 1.54) is 36.4 Å². The lowest BCUT2D eigenvalue weighted by atomic mass is 10.1. The fourth-order valence-corrected chi connectivity index (χ4v) is 4.61. The van der Waals surface area contributed by atoms with E-state index in [-0.39, 0.29) is 22.9 Å². The molecule has 4 rings (SSSR count). The first kappa shape index (κ1) is 22.7. The largest absolute Gasteiger partial charge is 0.416 e. The lowest BCUT2D eigenvalue weighted by Crippen LogP contribution is -2.38. The highest BCUT2D eigenvalue weighted by Gasteiger charge is 2.35. The van der Waals surface area contributed by atoms with Gasteiger partial charge in [0, 0.05) is 12.1 Å². The second-order valence-corrected chi connectivity index (χ2v) is 9.02. The average molecular weight is 479 g/mol. The third kappa shape index (κ3) is 4.99. The van der Waals surface area contributed by atoms with Crippen molar-refractivity contribution in [1.82, 2.24) is 10.0 Å². The van der Waals surface area contributed by atoms with Crippen molar-refractivity contribution in [3.05, 3.63) is 94.8 Å². The maximum atomic E-state index is 13.0. The Balaban J connectivity index is 1.50. The predicted molar refractivity (Wildman–Crippen MR) is 112 cm³/mol. The molecule has 0 radical (unpaired) electrons. The maximum absolute atomic E-state index is 13.0. The summed E-state index contributed by atoms with van der Waals surface area (Å²) in [6.45, 7) is 0.184. The number of benzene rings is 3. The highest BCUT2D eigenvalue weighted by atomic mass is 32.2. The zero-order valence-corrected chi connectivity index (χ0v) is 17.6. The van der Waals surface area contributed by atoms with E-state index in [0.29, 0.717) is 22.8 Å². The van der Waals surface area contributed by atoms with Crippen molar-refractivity contribution >= 4 is 21.6 Å². The van der Waals surface area contributed by atoms with Crippen LogP contribution in [0.2, 0.25) is 0 Å². The lowest BCUT2D eigenvalue weighted by Gasteiger charge is -2.29. The summed E-state index contributed by atoms with van der Waals surface area (Å²) in [6.07, 6.45) is -5.65. The van der Waals surface area contributed by atoms with E-state index >= 15 is 0 Å². The molecule has 0 unspecified atom stereocenters. The number of sulfonamides is 1. The minimum absolute atomic E-state index is 0.172. The molecule has 3 aromatic rings. The number of fused-ring (bicyclic) bond motifs is 1. The highest BCUT2D eigenvalue weighted by molar-refractivity contribution is 7.89. The van der Waals surface area contributed by atoms with Gasteiger partial charge >= 0.3 is 6.18 Å². The second-order valence-electron chi connectivity index (χ2n) is 7.34. The van der Waals surface area contributed by atoms with Gasteiger partial charge < -0.3 is 10.6 Å². The molecule has 3 aromatic carbocycles. The van der Waals surface area contributed by atoms with E-state index in [1.807, 2.05) is 0 Å². The van der Waals surface area contributed by atoms with Crippen molar-refractivity contribution in [1.29, 1.82) is 0 Å². The molecule has 1 amide bonds. The zero-order chi connectivity index (χ0) is 23.8. The Morgan fingerprint density at radius 2 is 1.64 bits per heavy atom. The van der Waals surface area contributed by atoms with Gasteiger partial charge in [0.2, 0.25) is 10.0 Å². The molecule has 1 aliphatic rings. The number of alkyl halides is 3. The Morgan fingerprint density at radius 3 is 2.27 bits per heavy atom. The molecule has 3 N–H and O–H groups in total. The molecule has 0 saturated heterocycles. The number of hydrogen-bond donors (Lipinski definition) is 3. The summed E-state index contributed by atoms with van der Waals surface area (Å²) in [7, 11) is -4.06. The van der Waals surface area contributed by atoms with E-state index in [0.717, 1.165) is 12.1 Å².